The van der Waals surface area contributed by atoms with Crippen LogP contribution in [-0.4, -0.2) is 5.71 Å². The highest BCUT2D eigenvalue weighted by atomic mass is 14.4. The largest absolute Gasteiger partial charge is 0.306 e. The lowest BCUT2D eigenvalue weighted by molar-refractivity contribution is 1.49. The first kappa shape index (κ1) is 14.0. The summed E-state index contributed by atoms with van der Waals surface area (Å²) in [5.74, 6) is 0. The maximum Gasteiger partial charge on any atom is 0.0289 e. The number of nitrogens with one attached hydrogen (secondary N) is 1. The second-order valence-corrected chi connectivity index (χ2v) is 4.84. The van der Waals surface area contributed by atoms with Crippen LogP contribution in [0.5, 0.6) is 0 Å². The Bertz CT molecular complexity index is 634. The summed E-state index contributed by atoms with van der Waals surface area (Å²) in [7, 11) is 0. The van der Waals surface area contributed by atoms with Gasteiger partial charge >= 0.3 is 0 Å². The zero-order valence-electron chi connectivity index (χ0n) is 11.9. The van der Waals surface area contributed by atoms with Crippen LogP contribution in [0.2, 0.25) is 0 Å². The van der Waals surface area contributed by atoms with Gasteiger partial charge < -0.3 is 5.41 Å². The molecule has 2 aromatic carbocycles. The summed E-state index contributed by atoms with van der Waals surface area (Å²) in [5.41, 5.74) is 5.16. The number of hydrogen-bond donors (Lipinski definition) is 1. The average Bonchev–Trinajstić information content (AvgIpc) is 2.48. The van der Waals surface area contributed by atoms with Crippen LogP contribution in [0.3, 0.4) is 0 Å². The van der Waals surface area contributed by atoms with E-state index in [0.29, 0.717) is 5.71 Å². The highest BCUT2D eigenvalue weighted by Crippen LogP contribution is 2.22. The fourth-order valence-electron chi connectivity index (χ4n) is 2.09. The number of rotatable bonds is 4. The van der Waals surface area contributed by atoms with Gasteiger partial charge in [-0.15, -0.1) is 0 Å². The van der Waals surface area contributed by atoms with Gasteiger partial charge in [-0.05, 0) is 42.2 Å². The minimum absolute atomic E-state index is 0.556. The predicted octanol–water partition coefficient (Wildman–Crippen LogP) is 5.21. The summed E-state index contributed by atoms with van der Waals surface area (Å²) in [6.07, 6.45) is 4.05. The monoisotopic (exact) mass is 261 g/mol. The first-order valence-corrected chi connectivity index (χ1v) is 6.73. The molecule has 0 spiro atoms. The van der Waals surface area contributed by atoms with Crippen molar-refractivity contribution in [3.05, 3.63) is 83.9 Å². The smallest absolute Gasteiger partial charge is 0.0289 e. The van der Waals surface area contributed by atoms with E-state index in [1.54, 1.807) is 6.92 Å². The van der Waals surface area contributed by atoms with Gasteiger partial charge in [-0.3, -0.25) is 0 Å². The number of allylic oxidation sites excluding steroid dienone is 4. The molecule has 0 bridgehead atoms. The Morgan fingerprint density at radius 1 is 0.750 bits per heavy atom. The van der Waals surface area contributed by atoms with Gasteiger partial charge in [0.1, 0.15) is 0 Å². The van der Waals surface area contributed by atoms with Crippen molar-refractivity contribution in [2.24, 2.45) is 0 Å². The van der Waals surface area contributed by atoms with Crippen molar-refractivity contribution in [2.75, 3.05) is 0 Å². The number of hydrogen-bond acceptors (Lipinski definition) is 1. The molecule has 0 saturated heterocycles. The van der Waals surface area contributed by atoms with Gasteiger partial charge in [0.05, 0.1) is 0 Å². The second kappa shape index (κ2) is 6.67. The molecule has 0 fully saturated rings. The van der Waals surface area contributed by atoms with Gasteiger partial charge in [-0.25, -0.2) is 0 Å². The van der Waals surface area contributed by atoms with E-state index in [0.717, 1.165) is 11.1 Å². The lowest BCUT2D eigenvalue weighted by atomic mass is 9.99. The third kappa shape index (κ3) is 3.79. The zero-order chi connectivity index (χ0) is 14.4. The summed E-state index contributed by atoms with van der Waals surface area (Å²) in [4.78, 5) is 0. The summed E-state index contributed by atoms with van der Waals surface area (Å²) in [6, 6.07) is 20.5. The van der Waals surface area contributed by atoms with Crippen molar-refractivity contribution < 1.29 is 0 Å². The molecule has 2 aromatic rings. The molecule has 100 valence electrons. The van der Waals surface area contributed by atoms with Crippen molar-refractivity contribution in [3.63, 3.8) is 0 Å². The third-order valence-electron chi connectivity index (χ3n) is 3.08. The highest BCUT2D eigenvalue weighted by Gasteiger charge is 2.01. The summed E-state index contributed by atoms with van der Waals surface area (Å²) < 4.78 is 0. The molecule has 1 N–H and O–H groups in total. The molecule has 0 saturated carbocycles. The molecular formula is C19H19N. The van der Waals surface area contributed by atoms with E-state index in [1.807, 2.05) is 42.5 Å². The van der Waals surface area contributed by atoms with Crippen molar-refractivity contribution >= 4 is 16.9 Å². The molecule has 2 rings (SSSR count). The fraction of sp³-hybridized carbons (Fsp3) is 0.105. The second-order valence-electron chi connectivity index (χ2n) is 4.84. The topological polar surface area (TPSA) is 23.9 Å². The molecule has 0 aromatic heterocycles. The third-order valence-corrected chi connectivity index (χ3v) is 3.08. The van der Waals surface area contributed by atoms with E-state index in [1.165, 1.54) is 11.1 Å². The van der Waals surface area contributed by atoms with Gasteiger partial charge in [0.2, 0.25) is 0 Å². The van der Waals surface area contributed by atoms with Crippen LogP contribution in [0.15, 0.2) is 72.8 Å². The fourth-order valence-corrected chi connectivity index (χ4v) is 2.09. The first-order valence-electron chi connectivity index (χ1n) is 6.73. The molecule has 1 heteroatoms. The van der Waals surface area contributed by atoms with Gasteiger partial charge in [-0.2, -0.15) is 0 Å². The molecule has 1 nitrogen and oxygen atoms in total. The van der Waals surface area contributed by atoms with Crippen LogP contribution in [-0.2, 0) is 0 Å². The molecular weight excluding hydrogens is 242 g/mol. The van der Waals surface area contributed by atoms with E-state index in [-0.39, 0.29) is 0 Å². The van der Waals surface area contributed by atoms with Gasteiger partial charge in [0, 0.05) is 5.71 Å². The SMILES string of the molecule is CC(=N)/C=C(\C=C(/C)c1ccccc1)c1ccccc1. The maximum absolute atomic E-state index is 7.72. The van der Waals surface area contributed by atoms with E-state index in [2.05, 4.69) is 37.3 Å². The average molecular weight is 261 g/mol. The molecule has 0 heterocycles. The molecule has 0 amide bonds. The Morgan fingerprint density at radius 2 is 1.25 bits per heavy atom. The van der Waals surface area contributed by atoms with Crippen molar-refractivity contribution in [3.8, 4) is 0 Å². The first-order chi connectivity index (χ1) is 9.66. The van der Waals surface area contributed by atoms with Crippen LogP contribution < -0.4 is 0 Å². The van der Waals surface area contributed by atoms with E-state index < -0.39 is 0 Å². The van der Waals surface area contributed by atoms with E-state index in [9.17, 15) is 0 Å². The molecule has 20 heavy (non-hydrogen) atoms. The molecule has 0 aliphatic carbocycles. The van der Waals surface area contributed by atoms with Crippen molar-refractivity contribution in [1.29, 1.82) is 5.41 Å². The van der Waals surface area contributed by atoms with Crippen molar-refractivity contribution in [1.82, 2.24) is 0 Å². The molecule has 0 aliphatic rings. The summed E-state index contributed by atoms with van der Waals surface area (Å²) in [5, 5.41) is 7.72. The standard InChI is InChI=1S/C19H19N/c1-15(17-9-5-3-6-10-17)13-19(14-16(2)20)18-11-7-4-8-12-18/h3-14,20H,1-2H3/b15-13+,19-14+,20-16?. The van der Waals surface area contributed by atoms with E-state index >= 15 is 0 Å². The highest BCUT2D eigenvalue weighted by molar-refractivity contribution is 6.00. The molecule has 0 atom stereocenters. The van der Waals surface area contributed by atoms with Gasteiger partial charge in [0.15, 0.2) is 0 Å². The Balaban J connectivity index is 2.42. The molecule has 0 unspecified atom stereocenters. The summed E-state index contributed by atoms with van der Waals surface area (Å²) >= 11 is 0. The zero-order valence-corrected chi connectivity index (χ0v) is 11.9. The minimum Gasteiger partial charge on any atom is -0.306 e. The van der Waals surface area contributed by atoms with Crippen LogP contribution >= 0.6 is 0 Å². The minimum atomic E-state index is 0.556. The Labute approximate surface area is 120 Å². The summed E-state index contributed by atoms with van der Waals surface area (Å²) in [6.45, 7) is 3.90. The number of benzene rings is 2. The Kier molecular flexibility index (Phi) is 4.67. The Hall–Kier alpha value is -2.41. The van der Waals surface area contributed by atoms with Crippen LogP contribution in [0.25, 0.3) is 11.1 Å². The van der Waals surface area contributed by atoms with Crippen LogP contribution in [0.1, 0.15) is 25.0 Å². The van der Waals surface area contributed by atoms with Crippen LogP contribution in [0.4, 0.5) is 0 Å². The lowest BCUT2D eigenvalue weighted by Crippen LogP contribution is -1.88. The van der Waals surface area contributed by atoms with Crippen LogP contribution in [0, 0.1) is 5.41 Å². The maximum atomic E-state index is 7.72. The lowest BCUT2D eigenvalue weighted by Gasteiger charge is -2.06. The molecule has 0 aliphatic heterocycles. The Morgan fingerprint density at radius 3 is 1.75 bits per heavy atom. The quantitative estimate of drug-likeness (QED) is 0.577. The van der Waals surface area contributed by atoms with Crippen molar-refractivity contribution in [2.45, 2.75) is 13.8 Å². The van der Waals surface area contributed by atoms with Gasteiger partial charge in [0.25, 0.3) is 0 Å². The predicted molar refractivity (Wildman–Crippen MR) is 87.9 cm³/mol. The molecule has 0 radical (unpaired) electrons. The normalized spacial score (nSPS) is 12.3. The van der Waals surface area contributed by atoms with Gasteiger partial charge in [-0.1, -0.05) is 66.7 Å². The van der Waals surface area contributed by atoms with E-state index in [4.69, 9.17) is 5.41 Å².